The van der Waals surface area contributed by atoms with Crippen molar-refractivity contribution in [3.63, 3.8) is 0 Å². The summed E-state index contributed by atoms with van der Waals surface area (Å²) in [6, 6.07) is 0.629. The Morgan fingerprint density at radius 2 is 2.18 bits per heavy atom. The van der Waals surface area contributed by atoms with Crippen LogP contribution >= 0.6 is 11.8 Å². The van der Waals surface area contributed by atoms with Gasteiger partial charge in [0.25, 0.3) is 0 Å². The lowest BCUT2D eigenvalue weighted by atomic mass is 9.99. The highest BCUT2D eigenvalue weighted by Gasteiger charge is 2.32. The highest BCUT2D eigenvalue weighted by Crippen LogP contribution is 2.30. The van der Waals surface area contributed by atoms with Crippen molar-refractivity contribution < 1.29 is 4.79 Å². The van der Waals surface area contributed by atoms with E-state index in [4.69, 9.17) is 5.73 Å². The summed E-state index contributed by atoms with van der Waals surface area (Å²) in [5.41, 5.74) is 6.04. The topological polar surface area (TPSA) is 46.3 Å². The zero-order chi connectivity index (χ0) is 12.4. The molecule has 3 nitrogen and oxygen atoms in total. The van der Waals surface area contributed by atoms with Gasteiger partial charge in [0.05, 0.1) is 0 Å². The molecule has 2 fully saturated rings. The van der Waals surface area contributed by atoms with Crippen LogP contribution in [0.3, 0.4) is 0 Å². The summed E-state index contributed by atoms with van der Waals surface area (Å²) < 4.78 is 0. The van der Waals surface area contributed by atoms with Gasteiger partial charge in [0.15, 0.2) is 0 Å². The molecule has 1 amide bonds. The summed E-state index contributed by atoms with van der Waals surface area (Å²) in [6.07, 6.45) is 4.10. The number of hydrogen-bond donors (Lipinski definition) is 1. The van der Waals surface area contributed by atoms with E-state index in [2.05, 4.69) is 18.7 Å². The Morgan fingerprint density at radius 1 is 1.41 bits per heavy atom. The average molecular weight is 256 g/mol. The summed E-state index contributed by atoms with van der Waals surface area (Å²) in [4.78, 5) is 14.4. The molecule has 0 aromatic carbocycles. The Balaban J connectivity index is 1.90. The van der Waals surface area contributed by atoms with Crippen molar-refractivity contribution in [3.05, 3.63) is 0 Å². The quantitative estimate of drug-likeness (QED) is 0.820. The van der Waals surface area contributed by atoms with E-state index in [1.54, 1.807) is 0 Å². The molecule has 4 heteroatoms. The van der Waals surface area contributed by atoms with Gasteiger partial charge in [-0.2, -0.15) is 11.8 Å². The summed E-state index contributed by atoms with van der Waals surface area (Å²) >= 11 is 1.97. The normalized spacial score (nSPS) is 38.4. The van der Waals surface area contributed by atoms with Crippen LogP contribution in [0.4, 0.5) is 0 Å². The molecule has 1 heterocycles. The van der Waals surface area contributed by atoms with E-state index >= 15 is 0 Å². The van der Waals surface area contributed by atoms with E-state index in [0.29, 0.717) is 29.5 Å². The van der Waals surface area contributed by atoms with Crippen LogP contribution in [0.5, 0.6) is 0 Å². The Kier molecular flexibility index (Phi) is 4.36. The van der Waals surface area contributed by atoms with Gasteiger partial charge in [-0.25, -0.2) is 0 Å². The minimum Gasteiger partial charge on any atom is -0.338 e. The fourth-order valence-electron chi connectivity index (χ4n) is 2.95. The molecule has 1 saturated carbocycles. The second kappa shape index (κ2) is 5.61. The Labute approximate surface area is 108 Å². The SMILES string of the molecule is CC1SCCN(C(=O)C[C@@H]2CCC[C@H]2N)C1C. The van der Waals surface area contributed by atoms with Crippen LogP contribution in [0.2, 0.25) is 0 Å². The van der Waals surface area contributed by atoms with Crippen LogP contribution < -0.4 is 5.73 Å². The fraction of sp³-hybridized carbons (Fsp3) is 0.923. The van der Waals surface area contributed by atoms with Gasteiger partial charge >= 0.3 is 0 Å². The average Bonchev–Trinajstić information content (AvgIpc) is 2.68. The van der Waals surface area contributed by atoms with Crippen molar-refractivity contribution in [3.8, 4) is 0 Å². The number of rotatable bonds is 2. The second-order valence-corrected chi connectivity index (χ2v) is 6.95. The van der Waals surface area contributed by atoms with E-state index in [1.165, 1.54) is 6.42 Å². The van der Waals surface area contributed by atoms with Crippen LogP contribution in [0, 0.1) is 5.92 Å². The molecule has 0 aromatic rings. The van der Waals surface area contributed by atoms with Crippen molar-refractivity contribution in [1.29, 1.82) is 0 Å². The zero-order valence-corrected chi connectivity index (χ0v) is 11.7. The largest absolute Gasteiger partial charge is 0.338 e. The Hall–Kier alpha value is -0.220. The number of carbonyl (C=O) groups is 1. The van der Waals surface area contributed by atoms with E-state index in [0.717, 1.165) is 25.1 Å². The lowest BCUT2D eigenvalue weighted by molar-refractivity contribution is -0.134. The van der Waals surface area contributed by atoms with Crippen molar-refractivity contribution in [2.75, 3.05) is 12.3 Å². The second-order valence-electron chi connectivity index (χ2n) is 5.46. The predicted octanol–water partition coefficient (Wildman–Crippen LogP) is 1.86. The van der Waals surface area contributed by atoms with Crippen LogP contribution in [0.25, 0.3) is 0 Å². The van der Waals surface area contributed by atoms with Crippen LogP contribution in [0.1, 0.15) is 39.5 Å². The molecule has 2 N–H and O–H groups in total. The maximum absolute atomic E-state index is 12.3. The molecule has 2 unspecified atom stereocenters. The number of nitrogens with zero attached hydrogens (tertiary/aromatic N) is 1. The first-order chi connectivity index (χ1) is 8.09. The van der Waals surface area contributed by atoms with Gasteiger partial charge in [0.2, 0.25) is 5.91 Å². The van der Waals surface area contributed by atoms with Crippen LogP contribution in [-0.2, 0) is 4.79 Å². The summed E-state index contributed by atoms with van der Waals surface area (Å²) in [5.74, 6) is 1.83. The summed E-state index contributed by atoms with van der Waals surface area (Å²) in [7, 11) is 0. The van der Waals surface area contributed by atoms with Crippen molar-refractivity contribution in [1.82, 2.24) is 4.90 Å². The third-order valence-electron chi connectivity index (χ3n) is 4.36. The molecule has 0 spiro atoms. The lowest BCUT2D eigenvalue weighted by Crippen LogP contribution is -2.48. The number of thioether (sulfide) groups is 1. The van der Waals surface area contributed by atoms with Gasteiger partial charge < -0.3 is 10.6 Å². The molecule has 98 valence electrons. The number of nitrogens with two attached hydrogens (primary N) is 1. The molecule has 1 saturated heterocycles. The van der Waals surface area contributed by atoms with Gasteiger partial charge in [0.1, 0.15) is 0 Å². The summed E-state index contributed by atoms with van der Waals surface area (Å²) in [5, 5.41) is 0.560. The minimum atomic E-state index is 0.255. The predicted molar refractivity (Wildman–Crippen MR) is 73.0 cm³/mol. The summed E-state index contributed by atoms with van der Waals surface area (Å²) in [6.45, 7) is 5.30. The van der Waals surface area contributed by atoms with Crippen molar-refractivity contribution in [2.45, 2.75) is 56.9 Å². The smallest absolute Gasteiger partial charge is 0.223 e. The van der Waals surface area contributed by atoms with E-state index < -0.39 is 0 Å². The lowest BCUT2D eigenvalue weighted by Gasteiger charge is -2.38. The third-order valence-corrected chi connectivity index (χ3v) is 5.70. The van der Waals surface area contributed by atoms with Gasteiger partial charge in [-0.1, -0.05) is 13.3 Å². The first-order valence-electron chi connectivity index (χ1n) is 6.76. The van der Waals surface area contributed by atoms with E-state index in [9.17, 15) is 4.79 Å². The maximum Gasteiger partial charge on any atom is 0.223 e. The van der Waals surface area contributed by atoms with Crippen LogP contribution in [0.15, 0.2) is 0 Å². The molecule has 2 aliphatic rings. The Morgan fingerprint density at radius 3 is 2.82 bits per heavy atom. The molecule has 0 radical (unpaired) electrons. The maximum atomic E-state index is 12.3. The molecule has 4 atom stereocenters. The highest BCUT2D eigenvalue weighted by molar-refractivity contribution is 8.00. The molecule has 2 rings (SSSR count). The monoisotopic (exact) mass is 256 g/mol. The zero-order valence-electron chi connectivity index (χ0n) is 10.9. The molecule has 0 aromatic heterocycles. The van der Waals surface area contributed by atoms with E-state index in [1.807, 2.05) is 11.8 Å². The molecule has 1 aliphatic carbocycles. The van der Waals surface area contributed by atoms with Crippen molar-refractivity contribution >= 4 is 17.7 Å². The molecular weight excluding hydrogens is 232 g/mol. The first kappa shape index (κ1) is 13.2. The molecular formula is C13H24N2OS. The number of amides is 1. The standard InChI is InChI=1S/C13H24N2OS/c1-9-10(2)17-7-6-15(9)13(16)8-11-4-3-5-12(11)14/h9-12H,3-8,14H2,1-2H3/t9?,10?,11-,12+/m0/s1. The molecule has 0 bridgehead atoms. The van der Waals surface area contributed by atoms with Gasteiger partial charge in [-0.05, 0) is 25.7 Å². The molecule has 1 aliphatic heterocycles. The first-order valence-corrected chi connectivity index (χ1v) is 7.81. The van der Waals surface area contributed by atoms with Gasteiger partial charge in [-0.15, -0.1) is 0 Å². The highest BCUT2D eigenvalue weighted by atomic mass is 32.2. The van der Waals surface area contributed by atoms with Gasteiger partial charge in [0, 0.05) is 36.1 Å². The van der Waals surface area contributed by atoms with Gasteiger partial charge in [-0.3, -0.25) is 4.79 Å². The van der Waals surface area contributed by atoms with E-state index in [-0.39, 0.29) is 6.04 Å². The fourth-order valence-corrected chi connectivity index (χ4v) is 4.04. The molecule has 17 heavy (non-hydrogen) atoms. The number of carbonyl (C=O) groups excluding carboxylic acids is 1. The third kappa shape index (κ3) is 2.97. The minimum absolute atomic E-state index is 0.255. The Bertz CT molecular complexity index is 285. The number of hydrogen-bond acceptors (Lipinski definition) is 3. The van der Waals surface area contributed by atoms with Crippen LogP contribution in [-0.4, -0.2) is 40.4 Å². The van der Waals surface area contributed by atoms with Crippen molar-refractivity contribution in [2.24, 2.45) is 11.7 Å².